The molecule has 0 fully saturated rings. The molecule has 3 aromatic rings. The molecule has 8 heteroatoms. The highest BCUT2D eigenvalue weighted by molar-refractivity contribution is 6.31. The first-order valence-electron chi connectivity index (χ1n) is 13.6. The summed E-state index contributed by atoms with van der Waals surface area (Å²) >= 11 is 6.02. The number of anilines is 1. The number of ketones is 1. The molecule has 2 atom stereocenters. The largest absolute Gasteiger partial charge is 0.481 e. The second-order valence-electron chi connectivity index (χ2n) is 9.38. The van der Waals surface area contributed by atoms with E-state index in [1.54, 1.807) is 25.6 Å². The van der Waals surface area contributed by atoms with E-state index in [4.69, 9.17) is 21.3 Å². The monoisotopic (exact) mass is 539 g/mol. The third kappa shape index (κ3) is 8.76. The molecule has 1 aliphatic heterocycles. The van der Waals surface area contributed by atoms with E-state index < -0.39 is 0 Å². The van der Waals surface area contributed by atoms with Gasteiger partial charge in [-0.15, -0.1) is 0 Å². The molecular formula is C30H42ClN5O2. The van der Waals surface area contributed by atoms with Crippen molar-refractivity contribution in [1.29, 1.82) is 0 Å². The molecule has 0 radical (unpaired) electrons. The molecule has 0 amide bonds. The third-order valence-electron chi connectivity index (χ3n) is 6.21. The number of carbonyl (C=O) groups is 1. The van der Waals surface area contributed by atoms with Crippen LogP contribution in [0.15, 0.2) is 36.8 Å². The molecule has 0 bridgehead atoms. The number of carbonyl (C=O) groups excluding carboxylic acids is 1. The van der Waals surface area contributed by atoms with Crippen molar-refractivity contribution < 1.29 is 9.53 Å². The van der Waals surface area contributed by atoms with E-state index in [-0.39, 0.29) is 11.7 Å². The number of nitrogens with one attached hydrogen (secondary N) is 1. The van der Waals surface area contributed by atoms with Gasteiger partial charge in [-0.1, -0.05) is 52.6 Å². The Labute approximate surface area is 232 Å². The van der Waals surface area contributed by atoms with Gasteiger partial charge in [0.1, 0.15) is 11.6 Å². The van der Waals surface area contributed by atoms with Crippen molar-refractivity contribution in [3.8, 4) is 17.3 Å². The fourth-order valence-corrected chi connectivity index (χ4v) is 4.31. The van der Waals surface area contributed by atoms with Crippen LogP contribution in [0.4, 0.5) is 5.82 Å². The van der Waals surface area contributed by atoms with Crippen LogP contribution < -0.4 is 10.1 Å². The number of nitrogens with zero attached hydrogens (tertiary/aromatic N) is 4. The Morgan fingerprint density at radius 2 is 1.84 bits per heavy atom. The molecule has 2 unspecified atom stereocenters. The zero-order valence-corrected chi connectivity index (χ0v) is 24.6. The molecule has 38 heavy (non-hydrogen) atoms. The zero-order valence-electron chi connectivity index (χ0n) is 23.8. The Kier molecular flexibility index (Phi) is 13.1. The molecule has 4 rings (SSSR count). The molecule has 0 aromatic carbocycles. The molecule has 0 aliphatic carbocycles. The fourth-order valence-electron chi connectivity index (χ4n) is 4.04. The Hall–Kier alpha value is -3.06. The maximum absolute atomic E-state index is 11.8. The summed E-state index contributed by atoms with van der Waals surface area (Å²) < 4.78 is 5.02. The number of aryl methyl sites for hydroxylation is 2. The lowest BCUT2D eigenvalue weighted by Crippen LogP contribution is -2.25. The van der Waals surface area contributed by atoms with Crippen LogP contribution in [0.5, 0.6) is 5.88 Å². The first-order valence-corrected chi connectivity index (χ1v) is 13.9. The van der Waals surface area contributed by atoms with E-state index in [0.717, 1.165) is 47.7 Å². The average Bonchev–Trinajstić information content (AvgIpc) is 2.93. The molecular weight excluding hydrogens is 498 g/mol. The van der Waals surface area contributed by atoms with Gasteiger partial charge in [0.15, 0.2) is 5.82 Å². The number of pyridine rings is 2. The van der Waals surface area contributed by atoms with E-state index in [0.29, 0.717) is 23.4 Å². The van der Waals surface area contributed by atoms with Crippen molar-refractivity contribution in [1.82, 2.24) is 19.9 Å². The molecule has 1 N–H and O–H groups in total. The number of halogens is 1. The highest BCUT2D eigenvalue weighted by atomic mass is 35.5. The minimum atomic E-state index is -0.204. The van der Waals surface area contributed by atoms with Crippen molar-refractivity contribution in [3.05, 3.63) is 58.6 Å². The van der Waals surface area contributed by atoms with E-state index in [9.17, 15) is 4.79 Å². The highest BCUT2D eigenvalue weighted by Gasteiger charge is 2.20. The number of fused-ring (bicyclic) bond motifs is 1. The average molecular weight is 540 g/mol. The number of methoxy groups -OCH3 is 1. The Bertz CT molecular complexity index is 1160. The molecule has 0 saturated heterocycles. The molecule has 206 valence electrons. The molecule has 1 aliphatic rings. The van der Waals surface area contributed by atoms with E-state index in [1.807, 2.05) is 26.8 Å². The second-order valence-corrected chi connectivity index (χ2v) is 9.79. The van der Waals surface area contributed by atoms with E-state index in [2.05, 4.69) is 47.1 Å². The van der Waals surface area contributed by atoms with Crippen LogP contribution in [0.25, 0.3) is 11.4 Å². The smallest absolute Gasteiger partial charge is 0.213 e. The predicted octanol–water partition coefficient (Wildman–Crippen LogP) is 7.62. The molecule has 0 spiro atoms. The van der Waals surface area contributed by atoms with Crippen LogP contribution in [0.1, 0.15) is 89.5 Å². The molecule has 3 aromatic heterocycles. The van der Waals surface area contributed by atoms with Crippen molar-refractivity contribution in [2.75, 3.05) is 12.4 Å². The summed E-state index contributed by atoms with van der Waals surface area (Å²) in [5.41, 5.74) is 4.08. The summed E-state index contributed by atoms with van der Waals surface area (Å²) in [7, 11) is 1.54. The van der Waals surface area contributed by atoms with Crippen LogP contribution in [-0.4, -0.2) is 38.9 Å². The summed E-state index contributed by atoms with van der Waals surface area (Å²) in [6.45, 7) is 12.3. The van der Waals surface area contributed by atoms with Crippen LogP contribution >= 0.6 is 11.6 Å². The molecule has 7 nitrogen and oxygen atoms in total. The van der Waals surface area contributed by atoms with Gasteiger partial charge in [0, 0.05) is 48.6 Å². The summed E-state index contributed by atoms with van der Waals surface area (Å²) in [4.78, 5) is 29.1. The summed E-state index contributed by atoms with van der Waals surface area (Å²) in [5.74, 6) is 2.26. The lowest BCUT2D eigenvalue weighted by atomic mass is 9.95. The van der Waals surface area contributed by atoms with Gasteiger partial charge in [-0.25, -0.2) is 19.9 Å². The Balaban J connectivity index is 0.000000246. The normalized spacial score (nSPS) is 14.5. The number of hydrogen-bond donors (Lipinski definition) is 1. The summed E-state index contributed by atoms with van der Waals surface area (Å²) in [6.07, 6.45) is 11.1. The molecule has 4 heterocycles. The second kappa shape index (κ2) is 16.0. The van der Waals surface area contributed by atoms with Crippen LogP contribution in [0.2, 0.25) is 5.02 Å². The quantitative estimate of drug-likeness (QED) is 0.330. The van der Waals surface area contributed by atoms with E-state index in [1.165, 1.54) is 24.6 Å². The van der Waals surface area contributed by atoms with E-state index >= 15 is 0 Å². The predicted molar refractivity (Wildman–Crippen MR) is 156 cm³/mol. The summed E-state index contributed by atoms with van der Waals surface area (Å²) in [5, 5.41) is 4.03. The van der Waals surface area contributed by atoms with Crippen LogP contribution in [-0.2, 0) is 11.2 Å². The van der Waals surface area contributed by atoms with Crippen molar-refractivity contribution in [2.45, 2.75) is 92.0 Å². The molecule has 0 saturated carbocycles. The van der Waals surface area contributed by atoms with Gasteiger partial charge in [-0.05, 0) is 55.9 Å². The van der Waals surface area contributed by atoms with Crippen molar-refractivity contribution in [3.63, 3.8) is 0 Å². The third-order valence-corrected chi connectivity index (χ3v) is 6.53. The van der Waals surface area contributed by atoms with Gasteiger partial charge >= 0.3 is 0 Å². The first kappa shape index (κ1) is 31.2. The standard InChI is InChI=1S/C15H18N4.C12H16ClNO2.C3H8/c1-3-12-6-5-11-9-13(10(2)18-14(11)19-12)15-16-7-4-8-17-15;1-4-5-11(15)8(2)9-6-12(16-3)14-7-10(9)13;1-3-2/h4,7-9,12H,3,5-6H2,1-2H3,(H,18,19);6-8H,4-5H2,1-3H3;3H2,1-2H3. The number of Topliss-reactive ketones (excluding diaryl/α,β-unsaturated/α-hetero) is 1. The van der Waals surface area contributed by atoms with Gasteiger partial charge in [0.25, 0.3) is 0 Å². The number of aromatic nitrogens is 4. The van der Waals surface area contributed by atoms with Crippen LogP contribution in [0.3, 0.4) is 0 Å². The van der Waals surface area contributed by atoms with Gasteiger partial charge in [0.2, 0.25) is 5.88 Å². The minimum Gasteiger partial charge on any atom is -0.481 e. The van der Waals surface area contributed by atoms with Gasteiger partial charge < -0.3 is 10.1 Å². The van der Waals surface area contributed by atoms with Gasteiger partial charge in [-0.3, -0.25) is 4.79 Å². The number of ether oxygens (including phenoxy) is 1. The SMILES string of the molecule is CCC.CCC1CCc2cc(-c3ncccn3)c(C)nc2N1.CCCC(=O)C(C)c1cc(OC)ncc1Cl. The minimum absolute atomic E-state index is 0.192. The van der Waals surface area contributed by atoms with Crippen molar-refractivity contribution >= 4 is 23.2 Å². The Morgan fingerprint density at radius 3 is 2.45 bits per heavy atom. The Morgan fingerprint density at radius 1 is 1.16 bits per heavy atom. The maximum atomic E-state index is 11.8. The van der Waals surface area contributed by atoms with Gasteiger partial charge in [0.05, 0.1) is 17.8 Å². The van der Waals surface area contributed by atoms with Crippen molar-refractivity contribution in [2.24, 2.45) is 0 Å². The lowest BCUT2D eigenvalue weighted by Gasteiger charge is -2.26. The topological polar surface area (TPSA) is 89.9 Å². The van der Waals surface area contributed by atoms with Gasteiger partial charge in [-0.2, -0.15) is 0 Å². The number of rotatable bonds is 7. The first-order chi connectivity index (χ1) is 18.3. The van der Waals surface area contributed by atoms with Crippen LogP contribution in [0, 0.1) is 6.92 Å². The highest BCUT2D eigenvalue weighted by Crippen LogP contribution is 2.30. The zero-order chi connectivity index (χ0) is 28.1. The number of hydrogen-bond acceptors (Lipinski definition) is 7. The lowest BCUT2D eigenvalue weighted by molar-refractivity contribution is -0.120. The fraction of sp³-hybridized carbons (Fsp3) is 0.500. The maximum Gasteiger partial charge on any atom is 0.213 e. The summed E-state index contributed by atoms with van der Waals surface area (Å²) in [6, 6.07) is 6.29.